The maximum Gasteiger partial charge on any atom is 0.501 e. The summed E-state index contributed by atoms with van der Waals surface area (Å²) < 4.78 is 112. The highest BCUT2D eigenvalue weighted by Crippen LogP contribution is 2.38. The van der Waals surface area contributed by atoms with Crippen molar-refractivity contribution in [3.05, 3.63) is 78.5 Å². The number of hydrogen-bond acceptors (Lipinski definition) is 8. The first-order valence-electron chi connectivity index (χ1n) is 13.5. The van der Waals surface area contributed by atoms with Gasteiger partial charge in [-0.15, -0.1) is 5.10 Å². The second-order valence-corrected chi connectivity index (χ2v) is 12.4. The molecule has 1 aromatic carbocycles. The normalized spacial score (nSPS) is 15.9. The fourth-order valence-corrected chi connectivity index (χ4v) is 6.20. The van der Waals surface area contributed by atoms with Gasteiger partial charge in [-0.05, 0) is 54.2 Å². The molecule has 10 nitrogen and oxygen atoms in total. The zero-order valence-electron chi connectivity index (χ0n) is 23.0. The van der Waals surface area contributed by atoms with Gasteiger partial charge in [-0.1, -0.05) is 18.2 Å². The first-order chi connectivity index (χ1) is 21.2. The van der Waals surface area contributed by atoms with Gasteiger partial charge in [0.1, 0.15) is 5.69 Å². The Labute approximate surface area is 251 Å². The van der Waals surface area contributed by atoms with Crippen molar-refractivity contribution in [1.82, 2.24) is 29.4 Å². The summed E-state index contributed by atoms with van der Waals surface area (Å²) in [6.07, 6.45) is 2.65. The number of rotatable bonds is 6. The van der Waals surface area contributed by atoms with Gasteiger partial charge in [-0.25, -0.2) is 12.9 Å². The summed E-state index contributed by atoms with van der Waals surface area (Å²) in [4.78, 5) is 6.85. The summed E-state index contributed by atoms with van der Waals surface area (Å²) in [6.45, 7) is 0.945. The highest BCUT2D eigenvalue weighted by molar-refractivity contribution is 7.92. The van der Waals surface area contributed by atoms with Crippen LogP contribution in [0.25, 0.3) is 27.9 Å². The fraction of sp³-hybridized carbons (Fsp3) is 0.286. The van der Waals surface area contributed by atoms with E-state index in [2.05, 4.69) is 20.2 Å². The van der Waals surface area contributed by atoms with Crippen LogP contribution in [0.2, 0.25) is 0 Å². The Morgan fingerprint density at radius 3 is 2.36 bits per heavy atom. The predicted octanol–water partition coefficient (Wildman–Crippen LogP) is 5.57. The van der Waals surface area contributed by atoms with Gasteiger partial charge < -0.3 is 10.5 Å². The molecule has 4 aromatic heterocycles. The van der Waals surface area contributed by atoms with Crippen molar-refractivity contribution in [2.45, 2.75) is 35.5 Å². The van der Waals surface area contributed by atoms with E-state index in [0.29, 0.717) is 42.7 Å². The number of aromatic nitrogens is 6. The van der Waals surface area contributed by atoms with Crippen LogP contribution < -0.4 is 5.73 Å². The van der Waals surface area contributed by atoms with Crippen LogP contribution in [0.3, 0.4) is 0 Å². The van der Waals surface area contributed by atoms with Crippen LogP contribution in [0.5, 0.6) is 0 Å². The number of benzene rings is 1. The molecule has 5 aromatic rings. The quantitative estimate of drug-likeness (QED) is 0.236. The molecule has 17 heteroatoms. The molecule has 0 saturated carbocycles. The van der Waals surface area contributed by atoms with E-state index in [1.165, 1.54) is 35.1 Å². The van der Waals surface area contributed by atoms with Crippen LogP contribution in [0, 0.1) is 5.92 Å². The number of halogens is 6. The molecule has 0 bridgehead atoms. The highest BCUT2D eigenvalue weighted by Gasteiger charge is 2.47. The average molecular weight is 652 g/mol. The van der Waals surface area contributed by atoms with Crippen molar-refractivity contribution < 1.29 is 39.5 Å². The molecule has 236 valence electrons. The van der Waals surface area contributed by atoms with E-state index in [0.717, 1.165) is 18.2 Å². The molecular weight excluding hydrogens is 628 g/mol. The van der Waals surface area contributed by atoms with Crippen molar-refractivity contribution in [2.24, 2.45) is 5.92 Å². The van der Waals surface area contributed by atoms with Crippen molar-refractivity contribution >= 4 is 21.4 Å². The van der Waals surface area contributed by atoms with Crippen molar-refractivity contribution in [3.63, 3.8) is 0 Å². The topological polar surface area (TPSA) is 130 Å². The summed E-state index contributed by atoms with van der Waals surface area (Å²) in [5, 5.41) is 8.66. The summed E-state index contributed by atoms with van der Waals surface area (Å²) in [6, 6.07) is 7.78. The maximum absolute atomic E-state index is 13.3. The lowest BCUT2D eigenvalue weighted by Crippen LogP contribution is -2.27. The SMILES string of the molecule is Nc1nc2c(-c3cccc(S(=O)(=O)C(F)(F)F)c3)cc(-c3cnn(C(c4ccc(C(F)(F)F)nc4)C4CCOCC4)c3)cn2n1. The molecule has 1 fully saturated rings. The van der Waals surface area contributed by atoms with Gasteiger partial charge in [0, 0.05) is 48.5 Å². The van der Waals surface area contributed by atoms with E-state index in [1.807, 2.05) is 0 Å². The van der Waals surface area contributed by atoms with Gasteiger partial charge in [0.15, 0.2) is 5.65 Å². The Morgan fingerprint density at radius 1 is 0.933 bits per heavy atom. The number of fused-ring (bicyclic) bond motifs is 1. The molecule has 1 atom stereocenters. The predicted molar refractivity (Wildman–Crippen MR) is 148 cm³/mol. The second kappa shape index (κ2) is 11.1. The van der Waals surface area contributed by atoms with Crippen molar-refractivity contribution in [3.8, 4) is 22.3 Å². The lowest BCUT2D eigenvalue weighted by molar-refractivity contribution is -0.141. The Kier molecular flexibility index (Phi) is 7.55. The average Bonchev–Trinajstić information content (AvgIpc) is 3.63. The molecule has 0 amide bonds. The van der Waals surface area contributed by atoms with Gasteiger partial charge in [0.05, 0.1) is 17.1 Å². The van der Waals surface area contributed by atoms with Gasteiger partial charge >= 0.3 is 11.7 Å². The Hall–Kier alpha value is -4.51. The minimum absolute atomic E-state index is 0.0310. The van der Waals surface area contributed by atoms with E-state index >= 15 is 0 Å². The molecule has 6 rings (SSSR count). The largest absolute Gasteiger partial charge is 0.501 e. The molecule has 2 N–H and O–H groups in total. The van der Waals surface area contributed by atoms with Crippen LogP contribution in [0.1, 0.15) is 30.1 Å². The molecule has 1 aliphatic heterocycles. The van der Waals surface area contributed by atoms with E-state index in [1.54, 1.807) is 23.1 Å². The first-order valence-corrected chi connectivity index (χ1v) is 14.9. The number of alkyl halides is 6. The second-order valence-electron chi connectivity index (χ2n) is 10.4. The van der Waals surface area contributed by atoms with Crippen LogP contribution in [-0.4, -0.2) is 56.5 Å². The van der Waals surface area contributed by atoms with Crippen molar-refractivity contribution in [1.29, 1.82) is 0 Å². The third-order valence-corrected chi connectivity index (χ3v) is 9.04. The number of anilines is 1. The molecule has 1 aliphatic rings. The minimum Gasteiger partial charge on any atom is -0.381 e. The van der Waals surface area contributed by atoms with Gasteiger partial charge in [-0.3, -0.25) is 9.67 Å². The van der Waals surface area contributed by atoms with E-state index in [4.69, 9.17) is 10.5 Å². The number of nitrogens with zero attached hydrogens (tertiary/aromatic N) is 6. The molecule has 5 heterocycles. The molecule has 45 heavy (non-hydrogen) atoms. The number of nitrogens with two attached hydrogens (primary N) is 1. The molecule has 1 saturated heterocycles. The summed E-state index contributed by atoms with van der Waals surface area (Å²) in [7, 11) is -5.63. The number of pyridine rings is 2. The zero-order chi connectivity index (χ0) is 32.1. The number of nitrogen functional groups attached to an aromatic ring is 1. The number of hydrogen-bond donors (Lipinski definition) is 1. The Morgan fingerprint density at radius 2 is 1.69 bits per heavy atom. The molecule has 1 unspecified atom stereocenters. The van der Waals surface area contributed by atoms with E-state index in [9.17, 15) is 34.8 Å². The van der Waals surface area contributed by atoms with Gasteiger partial charge in [0.2, 0.25) is 5.95 Å². The van der Waals surface area contributed by atoms with Crippen LogP contribution in [-0.2, 0) is 20.8 Å². The van der Waals surface area contributed by atoms with Crippen LogP contribution in [0.15, 0.2) is 72.1 Å². The van der Waals surface area contributed by atoms with E-state index < -0.39 is 38.2 Å². The Balaban J connectivity index is 1.43. The molecule has 0 aliphatic carbocycles. The van der Waals surface area contributed by atoms with Gasteiger partial charge in [0.25, 0.3) is 9.84 Å². The third-order valence-electron chi connectivity index (χ3n) is 7.56. The smallest absolute Gasteiger partial charge is 0.381 e. The summed E-state index contributed by atoms with van der Waals surface area (Å²) >= 11 is 0. The van der Waals surface area contributed by atoms with E-state index in [-0.39, 0.29) is 28.6 Å². The lowest BCUT2D eigenvalue weighted by Gasteiger charge is -2.30. The summed E-state index contributed by atoms with van der Waals surface area (Å²) in [5.74, 6) is -0.158. The highest BCUT2D eigenvalue weighted by atomic mass is 32.2. The minimum atomic E-state index is -5.63. The number of sulfone groups is 1. The molecule has 0 radical (unpaired) electrons. The van der Waals surface area contributed by atoms with Crippen LogP contribution in [0.4, 0.5) is 32.3 Å². The number of ether oxygens (including phenoxy) is 1. The van der Waals surface area contributed by atoms with Gasteiger partial charge in [-0.2, -0.15) is 36.4 Å². The zero-order valence-corrected chi connectivity index (χ0v) is 23.8. The molecular formula is C28H23F6N7O3S. The molecule has 0 spiro atoms. The first kappa shape index (κ1) is 30.5. The lowest BCUT2D eigenvalue weighted by atomic mass is 9.87. The third kappa shape index (κ3) is 5.84. The fourth-order valence-electron chi connectivity index (χ4n) is 5.40. The Bertz CT molecular complexity index is 1970. The van der Waals surface area contributed by atoms with Crippen molar-refractivity contribution in [2.75, 3.05) is 18.9 Å². The standard InChI is InChI=1S/C28H23F6N7O3S/c29-27(30,31)23-5-4-18(12-36-23)24(16-6-8-44-9-7-16)40-15-20(13-37-40)19-11-22(25-38-26(35)39-41(25)14-19)17-2-1-3-21(10-17)45(42,43)28(32,33)34/h1-5,10-16,24H,6-9H2,(H2,35,39). The van der Waals surface area contributed by atoms with Crippen LogP contribution >= 0.6 is 0 Å². The summed E-state index contributed by atoms with van der Waals surface area (Å²) in [5.41, 5.74) is 1.37. The maximum atomic E-state index is 13.3. The monoisotopic (exact) mass is 651 g/mol.